The molecule has 1 aromatic heterocycles. The number of aromatic nitrogens is 1. The number of nitrogens with zero attached hydrogens (tertiary/aromatic N) is 2. The van der Waals surface area contributed by atoms with Crippen LogP contribution in [0.3, 0.4) is 0 Å². The molecule has 1 aromatic rings. The fraction of sp³-hybridized carbons (Fsp3) is 0.647. The normalized spacial score (nSPS) is 19.7. The minimum absolute atomic E-state index is 0.105. The molecule has 1 amide bonds. The molecular weight excluding hydrogens is 310 g/mol. The first-order valence-electron chi connectivity index (χ1n) is 8.44. The summed E-state index contributed by atoms with van der Waals surface area (Å²) >= 11 is 1.67. The zero-order valence-electron chi connectivity index (χ0n) is 13.4. The Bertz CT molecular complexity index is 528. The molecule has 2 fully saturated rings. The van der Waals surface area contributed by atoms with Gasteiger partial charge in [-0.05, 0) is 56.5 Å². The molecule has 0 unspecified atom stereocenters. The highest BCUT2D eigenvalue weighted by molar-refractivity contribution is 7.98. The van der Waals surface area contributed by atoms with Crippen LogP contribution >= 0.6 is 11.8 Å². The van der Waals surface area contributed by atoms with Crippen LogP contribution in [0.5, 0.6) is 0 Å². The molecule has 1 saturated heterocycles. The molecular formula is C17H25N3O2S. The Labute approximate surface area is 141 Å². The number of rotatable bonds is 7. The summed E-state index contributed by atoms with van der Waals surface area (Å²) in [6, 6.07) is 4.68. The summed E-state index contributed by atoms with van der Waals surface area (Å²) in [4.78, 5) is 19.2. The van der Waals surface area contributed by atoms with Crippen molar-refractivity contribution < 1.29 is 9.90 Å². The van der Waals surface area contributed by atoms with E-state index in [0.29, 0.717) is 5.82 Å². The van der Waals surface area contributed by atoms with Crippen LogP contribution in [0.4, 0.5) is 5.82 Å². The summed E-state index contributed by atoms with van der Waals surface area (Å²) in [7, 11) is 0. The average molecular weight is 335 g/mol. The van der Waals surface area contributed by atoms with Crippen LogP contribution in [0.15, 0.2) is 18.3 Å². The van der Waals surface area contributed by atoms with Gasteiger partial charge in [-0.1, -0.05) is 0 Å². The first kappa shape index (κ1) is 16.7. The summed E-state index contributed by atoms with van der Waals surface area (Å²) in [5.41, 5.74) is 1.12. The molecule has 3 rings (SSSR count). The van der Waals surface area contributed by atoms with Gasteiger partial charge in [-0.15, -0.1) is 0 Å². The van der Waals surface area contributed by atoms with Gasteiger partial charge in [0.25, 0.3) is 0 Å². The molecule has 2 N–H and O–H groups in total. The maximum absolute atomic E-state index is 12.4. The van der Waals surface area contributed by atoms with E-state index < -0.39 is 0 Å². The van der Waals surface area contributed by atoms with Crippen LogP contribution in [0.2, 0.25) is 0 Å². The number of likely N-dealkylation sites (tertiary alicyclic amines) is 1. The van der Waals surface area contributed by atoms with E-state index in [0.717, 1.165) is 49.0 Å². The Hall–Kier alpha value is -1.11. The summed E-state index contributed by atoms with van der Waals surface area (Å²) in [5, 5.41) is 11.8. The Morgan fingerprint density at radius 1 is 1.35 bits per heavy atom. The number of amides is 1. The maximum Gasteiger partial charge on any atom is 0.228 e. The van der Waals surface area contributed by atoms with Gasteiger partial charge >= 0.3 is 0 Å². The van der Waals surface area contributed by atoms with Gasteiger partial charge < -0.3 is 15.3 Å². The fourth-order valence-corrected chi connectivity index (χ4v) is 3.77. The first-order chi connectivity index (χ1) is 11.3. The highest BCUT2D eigenvalue weighted by atomic mass is 32.2. The van der Waals surface area contributed by atoms with E-state index in [9.17, 15) is 4.79 Å². The van der Waals surface area contributed by atoms with E-state index in [1.54, 1.807) is 18.0 Å². The number of hydrogen-bond donors (Lipinski definition) is 2. The SMILES string of the molecule is O=C(Nc1cc(CSCCO)ccn1)C1CCN(C2CC2)CC1. The van der Waals surface area contributed by atoms with Crippen molar-refractivity contribution >= 4 is 23.5 Å². The van der Waals surface area contributed by atoms with Crippen LogP contribution in [0.1, 0.15) is 31.2 Å². The number of hydrogen-bond acceptors (Lipinski definition) is 5. The molecule has 1 aliphatic heterocycles. The summed E-state index contributed by atoms with van der Waals surface area (Å²) in [6.45, 7) is 2.29. The van der Waals surface area contributed by atoms with Crippen molar-refractivity contribution in [3.8, 4) is 0 Å². The monoisotopic (exact) mass is 335 g/mol. The molecule has 1 saturated carbocycles. The zero-order chi connectivity index (χ0) is 16.1. The summed E-state index contributed by atoms with van der Waals surface area (Å²) in [6.07, 6.45) is 6.31. The van der Waals surface area contributed by atoms with E-state index >= 15 is 0 Å². The lowest BCUT2D eigenvalue weighted by Gasteiger charge is -2.31. The predicted molar refractivity (Wildman–Crippen MR) is 93.4 cm³/mol. The molecule has 0 bridgehead atoms. The third-order valence-electron chi connectivity index (χ3n) is 4.54. The van der Waals surface area contributed by atoms with E-state index in [1.165, 1.54) is 12.8 Å². The Kier molecular flexibility index (Phi) is 5.91. The van der Waals surface area contributed by atoms with Gasteiger partial charge in [0.15, 0.2) is 0 Å². The fourth-order valence-electron chi connectivity index (χ4n) is 3.08. The van der Waals surface area contributed by atoms with Crippen molar-refractivity contribution in [2.75, 3.05) is 30.8 Å². The van der Waals surface area contributed by atoms with Crippen molar-refractivity contribution in [1.29, 1.82) is 0 Å². The third kappa shape index (κ3) is 4.93. The number of aliphatic hydroxyl groups excluding tert-OH is 1. The second kappa shape index (κ2) is 8.13. The number of pyridine rings is 1. The number of piperidine rings is 1. The van der Waals surface area contributed by atoms with Gasteiger partial charge in [-0.3, -0.25) is 4.79 Å². The molecule has 5 nitrogen and oxygen atoms in total. The Morgan fingerprint density at radius 2 is 2.13 bits per heavy atom. The highest BCUT2D eigenvalue weighted by Crippen LogP contribution is 2.31. The van der Waals surface area contributed by atoms with Crippen LogP contribution < -0.4 is 5.32 Å². The van der Waals surface area contributed by atoms with E-state index in [1.807, 2.05) is 12.1 Å². The van der Waals surface area contributed by atoms with Crippen LogP contribution in [0.25, 0.3) is 0 Å². The van der Waals surface area contributed by atoms with Gasteiger partial charge in [0.1, 0.15) is 5.82 Å². The lowest BCUT2D eigenvalue weighted by molar-refractivity contribution is -0.121. The number of thioether (sulfide) groups is 1. The maximum atomic E-state index is 12.4. The van der Waals surface area contributed by atoms with Crippen molar-refractivity contribution in [3.63, 3.8) is 0 Å². The number of anilines is 1. The molecule has 1 aliphatic carbocycles. The predicted octanol–water partition coefficient (Wildman–Crippen LogP) is 2.12. The van der Waals surface area contributed by atoms with Gasteiger partial charge in [0.05, 0.1) is 6.61 Å². The third-order valence-corrected chi connectivity index (χ3v) is 5.55. The topological polar surface area (TPSA) is 65.5 Å². The largest absolute Gasteiger partial charge is 0.396 e. The number of carbonyl (C=O) groups is 1. The van der Waals surface area contributed by atoms with E-state index in [4.69, 9.17) is 5.11 Å². The van der Waals surface area contributed by atoms with Crippen molar-refractivity contribution in [2.45, 2.75) is 37.5 Å². The van der Waals surface area contributed by atoms with Gasteiger partial charge in [0, 0.05) is 29.7 Å². The average Bonchev–Trinajstić information content (AvgIpc) is 3.41. The van der Waals surface area contributed by atoms with E-state index in [2.05, 4.69) is 15.2 Å². The molecule has 2 heterocycles. The van der Waals surface area contributed by atoms with Gasteiger partial charge in [-0.2, -0.15) is 11.8 Å². The zero-order valence-corrected chi connectivity index (χ0v) is 14.2. The minimum Gasteiger partial charge on any atom is -0.396 e. The molecule has 0 spiro atoms. The molecule has 0 radical (unpaired) electrons. The number of aliphatic hydroxyl groups is 1. The Morgan fingerprint density at radius 3 is 2.83 bits per heavy atom. The van der Waals surface area contributed by atoms with Gasteiger partial charge in [-0.25, -0.2) is 4.98 Å². The lowest BCUT2D eigenvalue weighted by atomic mass is 9.96. The number of nitrogens with one attached hydrogen (secondary N) is 1. The minimum atomic E-state index is 0.105. The summed E-state index contributed by atoms with van der Waals surface area (Å²) in [5.74, 6) is 2.41. The molecule has 0 aromatic carbocycles. The number of carbonyl (C=O) groups excluding carboxylic acids is 1. The van der Waals surface area contributed by atoms with Crippen LogP contribution in [0, 0.1) is 5.92 Å². The second-order valence-electron chi connectivity index (χ2n) is 6.36. The van der Waals surface area contributed by atoms with Crippen molar-refractivity contribution in [1.82, 2.24) is 9.88 Å². The molecule has 6 heteroatoms. The molecule has 0 atom stereocenters. The highest BCUT2D eigenvalue weighted by Gasteiger charge is 2.33. The summed E-state index contributed by atoms with van der Waals surface area (Å²) < 4.78 is 0. The lowest BCUT2D eigenvalue weighted by Crippen LogP contribution is -2.39. The van der Waals surface area contributed by atoms with Crippen LogP contribution in [-0.4, -0.2) is 52.4 Å². The Balaban J connectivity index is 1.48. The van der Waals surface area contributed by atoms with Crippen molar-refractivity contribution in [2.24, 2.45) is 5.92 Å². The molecule has 23 heavy (non-hydrogen) atoms. The standard InChI is InChI=1S/C17H25N3O2S/c21-9-10-23-12-13-3-6-18-16(11-13)19-17(22)14-4-7-20(8-5-14)15-1-2-15/h3,6,11,14-15,21H,1-2,4-5,7-10,12H2,(H,18,19,22). The molecule has 2 aliphatic rings. The van der Waals surface area contributed by atoms with Crippen LogP contribution in [-0.2, 0) is 10.5 Å². The quantitative estimate of drug-likeness (QED) is 0.747. The first-order valence-corrected chi connectivity index (χ1v) is 9.60. The van der Waals surface area contributed by atoms with Crippen molar-refractivity contribution in [3.05, 3.63) is 23.9 Å². The van der Waals surface area contributed by atoms with Gasteiger partial charge in [0.2, 0.25) is 5.91 Å². The van der Waals surface area contributed by atoms with E-state index in [-0.39, 0.29) is 18.4 Å². The molecule has 126 valence electrons. The second-order valence-corrected chi connectivity index (χ2v) is 7.46. The smallest absolute Gasteiger partial charge is 0.228 e.